The molecule has 5 rings (SSSR count). The van der Waals surface area contributed by atoms with Crippen LogP contribution in [0.25, 0.3) is 10.9 Å². The van der Waals surface area contributed by atoms with E-state index in [1.54, 1.807) is 12.1 Å². The molecule has 1 heterocycles. The van der Waals surface area contributed by atoms with Crippen molar-refractivity contribution in [2.45, 2.75) is 89.8 Å². The van der Waals surface area contributed by atoms with Crippen molar-refractivity contribution in [2.24, 2.45) is 17.6 Å². The Labute approximate surface area is 247 Å². The van der Waals surface area contributed by atoms with E-state index in [1.165, 1.54) is 43.3 Å². The van der Waals surface area contributed by atoms with Gasteiger partial charge in [0.1, 0.15) is 11.6 Å². The summed E-state index contributed by atoms with van der Waals surface area (Å²) in [6.45, 7) is 4.67. The van der Waals surface area contributed by atoms with Crippen molar-refractivity contribution in [2.75, 3.05) is 0 Å². The van der Waals surface area contributed by atoms with Crippen LogP contribution in [0.15, 0.2) is 48.5 Å². The van der Waals surface area contributed by atoms with Gasteiger partial charge >= 0.3 is 0 Å². The van der Waals surface area contributed by atoms with Crippen molar-refractivity contribution in [1.82, 2.24) is 15.2 Å². The van der Waals surface area contributed by atoms with Gasteiger partial charge in [0, 0.05) is 34.6 Å². The standard InChI is InChI=1S/C33H41ClN4O3/c1-21(2)30(31(35)40)36-32(41)33(37-29(39)18-22-12-14-24(34)15-13-22)17-16-28-26(19-33)25-10-6-7-11-27(25)38(28)20-23-8-4-3-5-9-23/h6-7,10-15,21,23,30H,3-5,8-9,16-20H2,1-2H3,(H2,35,40)(H,36,41)(H,37,39)/t30-,33-/m0/s1. The molecule has 1 fully saturated rings. The fourth-order valence-corrected chi connectivity index (χ4v) is 6.90. The number of amides is 3. The highest BCUT2D eigenvalue weighted by Crippen LogP contribution is 2.38. The summed E-state index contributed by atoms with van der Waals surface area (Å²) in [6, 6.07) is 14.7. The van der Waals surface area contributed by atoms with E-state index in [0.29, 0.717) is 30.2 Å². The Kier molecular flexibility index (Phi) is 8.74. The van der Waals surface area contributed by atoms with Gasteiger partial charge in [-0.1, -0.05) is 75.0 Å². The number of carbonyl (C=O) groups excluding carboxylic acids is 3. The lowest BCUT2D eigenvalue weighted by Crippen LogP contribution is -2.64. The molecule has 0 unspecified atom stereocenters. The molecule has 3 aromatic rings. The van der Waals surface area contributed by atoms with Crippen molar-refractivity contribution >= 4 is 40.2 Å². The maximum Gasteiger partial charge on any atom is 0.246 e. The zero-order valence-electron chi connectivity index (χ0n) is 24.0. The molecule has 0 bridgehead atoms. The number of hydrogen-bond acceptors (Lipinski definition) is 3. The van der Waals surface area contributed by atoms with Crippen LogP contribution in [0.1, 0.15) is 69.2 Å². The Balaban J connectivity index is 1.50. The number of aromatic nitrogens is 1. The molecule has 41 heavy (non-hydrogen) atoms. The summed E-state index contributed by atoms with van der Waals surface area (Å²) in [5, 5.41) is 7.75. The first kappa shape index (κ1) is 29.2. The summed E-state index contributed by atoms with van der Waals surface area (Å²) < 4.78 is 2.47. The minimum atomic E-state index is -1.21. The summed E-state index contributed by atoms with van der Waals surface area (Å²) in [5.74, 6) is -0.738. The first-order valence-corrected chi connectivity index (χ1v) is 15.3. The van der Waals surface area contributed by atoms with Gasteiger partial charge < -0.3 is 20.9 Å². The quantitative estimate of drug-likeness (QED) is 0.330. The lowest BCUT2D eigenvalue weighted by atomic mass is 9.78. The molecule has 0 radical (unpaired) electrons. The van der Waals surface area contributed by atoms with Crippen LogP contribution in [0, 0.1) is 11.8 Å². The number of para-hydroxylation sites is 1. The van der Waals surface area contributed by atoms with Crippen LogP contribution in [0.2, 0.25) is 5.02 Å². The van der Waals surface area contributed by atoms with Gasteiger partial charge in [0.25, 0.3) is 0 Å². The molecule has 1 saturated carbocycles. The lowest BCUT2D eigenvalue weighted by molar-refractivity contribution is -0.136. The Bertz CT molecular complexity index is 1420. The molecule has 2 aromatic carbocycles. The lowest BCUT2D eigenvalue weighted by Gasteiger charge is -2.38. The number of rotatable bonds is 9. The molecular weight excluding hydrogens is 536 g/mol. The third kappa shape index (κ3) is 6.30. The molecule has 1 aromatic heterocycles. The Morgan fingerprint density at radius 3 is 2.44 bits per heavy atom. The first-order valence-electron chi connectivity index (χ1n) is 14.9. The summed E-state index contributed by atoms with van der Waals surface area (Å²) in [5.41, 5.74) is 8.80. The summed E-state index contributed by atoms with van der Waals surface area (Å²) in [6.07, 6.45) is 7.93. The first-order chi connectivity index (χ1) is 19.7. The van der Waals surface area contributed by atoms with E-state index in [9.17, 15) is 14.4 Å². The third-order valence-electron chi connectivity index (χ3n) is 8.98. The molecule has 2 atom stereocenters. The zero-order valence-corrected chi connectivity index (χ0v) is 24.8. The average molecular weight is 577 g/mol. The summed E-state index contributed by atoms with van der Waals surface area (Å²) in [7, 11) is 0. The number of nitrogens with two attached hydrogens (primary N) is 1. The predicted octanol–water partition coefficient (Wildman–Crippen LogP) is 5.09. The summed E-state index contributed by atoms with van der Waals surface area (Å²) in [4.78, 5) is 39.8. The van der Waals surface area contributed by atoms with Gasteiger partial charge in [-0.05, 0) is 66.8 Å². The fraction of sp³-hybridized carbons (Fsp3) is 0.485. The number of nitrogens with zero attached hydrogens (tertiary/aromatic N) is 1. The van der Waals surface area contributed by atoms with E-state index in [0.717, 1.165) is 23.1 Å². The molecule has 2 aliphatic rings. The Hall–Kier alpha value is -3.32. The van der Waals surface area contributed by atoms with Crippen molar-refractivity contribution in [3.8, 4) is 0 Å². The molecular formula is C33H41ClN4O3. The van der Waals surface area contributed by atoms with Gasteiger partial charge in [-0.25, -0.2) is 0 Å². The van der Waals surface area contributed by atoms with Crippen molar-refractivity contribution < 1.29 is 14.4 Å². The van der Waals surface area contributed by atoms with Crippen LogP contribution < -0.4 is 16.4 Å². The Morgan fingerprint density at radius 1 is 1.05 bits per heavy atom. The van der Waals surface area contributed by atoms with E-state index in [-0.39, 0.29) is 24.2 Å². The number of nitrogens with one attached hydrogen (secondary N) is 2. The highest BCUT2D eigenvalue weighted by atomic mass is 35.5. The maximum atomic E-state index is 14.1. The second kappa shape index (κ2) is 12.3. The smallest absolute Gasteiger partial charge is 0.246 e. The second-order valence-electron chi connectivity index (χ2n) is 12.3. The predicted molar refractivity (Wildman–Crippen MR) is 163 cm³/mol. The normalized spacial score (nSPS) is 20.0. The number of benzene rings is 2. The van der Waals surface area contributed by atoms with Gasteiger partial charge in [-0.15, -0.1) is 0 Å². The second-order valence-corrected chi connectivity index (χ2v) is 12.7. The molecule has 0 aliphatic heterocycles. The molecule has 0 spiro atoms. The Morgan fingerprint density at radius 2 is 1.76 bits per heavy atom. The van der Waals surface area contributed by atoms with Crippen molar-refractivity contribution in [1.29, 1.82) is 0 Å². The van der Waals surface area contributed by atoms with Gasteiger partial charge in [0.15, 0.2) is 0 Å². The molecule has 2 aliphatic carbocycles. The third-order valence-corrected chi connectivity index (χ3v) is 9.23. The highest BCUT2D eigenvalue weighted by molar-refractivity contribution is 6.30. The number of fused-ring (bicyclic) bond motifs is 3. The van der Waals surface area contributed by atoms with E-state index in [4.69, 9.17) is 17.3 Å². The van der Waals surface area contributed by atoms with Crippen molar-refractivity contribution in [3.63, 3.8) is 0 Å². The molecule has 3 amide bonds. The molecule has 0 saturated heterocycles. The van der Waals surface area contributed by atoms with E-state index in [1.807, 2.05) is 32.0 Å². The minimum Gasteiger partial charge on any atom is -0.368 e. The van der Waals surface area contributed by atoms with Gasteiger partial charge in [-0.3, -0.25) is 14.4 Å². The monoisotopic (exact) mass is 576 g/mol. The van der Waals surface area contributed by atoms with Crippen LogP contribution in [0.3, 0.4) is 0 Å². The van der Waals surface area contributed by atoms with Crippen molar-refractivity contribution in [3.05, 3.63) is 70.4 Å². The number of halogens is 1. The van der Waals surface area contributed by atoms with Crippen LogP contribution >= 0.6 is 11.6 Å². The van der Waals surface area contributed by atoms with Crippen LogP contribution in [0.4, 0.5) is 0 Å². The molecule has 7 nitrogen and oxygen atoms in total. The number of carbonyl (C=O) groups is 3. The van der Waals surface area contributed by atoms with Crippen LogP contribution in [-0.4, -0.2) is 33.9 Å². The zero-order chi connectivity index (χ0) is 29.1. The molecule has 4 N–H and O–H groups in total. The van der Waals surface area contributed by atoms with E-state index < -0.39 is 17.5 Å². The van der Waals surface area contributed by atoms with Gasteiger partial charge in [0.05, 0.1) is 6.42 Å². The minimum absolute atomic E-state index is 0.117. The largest absolute Gasteiger partial charge is 0.368 e. The number of primary amides is 1. The molecule has 8 heteroatoms. The number of hydrogen-bond donors (Lipinski definition) is 3. The highest BCUT2D eigenvalue weighted by Gasteiger charge is 2.45. The summed E-state index contributed by atoms with van der Waals surface area (Å²) >= 11 is 6.03. The SMILES string of the molecule is CC(C)[C@H](NC(=O)[C@]1(NC(=O)Cc2ccc(Cl)cc2)CCc2c(c3ccccc3n2CC2CCCCC2)C1)C(N)=O. The van der Waals surface area contributed by atoms with Gasteiger partial charge in [-0.2, -0.15) is 0 Å². The molecule has 218 valence electrons. The topological polar surface area (TPSA) is 106 Å². The maximum absolute atomic E-state index is 14.1. The fourth-order valence-electron chi connectivity index (χ4n) is 6.77. The van der Waals surface area contributed by atoms with Crippen LogP contribution in [0.5, 0.6) is 0 Å². The van der Waals surface area contributed by atoms with E-state index in [2.05, 4.69) is 33.4 Å². The van der Waals surface area contributed by atoms with E-state index >= 15 is 0 Å². The van der Waals surface area contributed by atoms with Gasteiger partial charge in [0.2, 0.25) is 17.7 Å². The average Bonchev–Trinajstić information content (AvgIpc) is 3.25. The van der Waals surface area contributed by atoms with Crippen LogP contribution in [-0.2, 0) is 40.2 Å².